The van der Waals surface area contributed by atoms with Gasteiger partial charge in [0.25, 0.3) is 11.5 Å². The highest BCUT2D eigenvalue weighted by Gasteiger charge is 2.25. The van der Waals surface area contributed by atoms with E-state index in [0.717, 1.165) is 11.4 Å². The molecular formula is C18H17ClN4O2S. The number of piperazine rings is 1. The number of carbonyl (C=O) groups is 1. The van der Waals surface area contributed by atoms with Gasteiger partial charge < -0.3 is 9.80 Å². The van der Waals surface area contributed by atoms with Crippen molar-refractivity contribution in [2.45, 2.75) is 6.92 Å². The van der Waals surface area contributed by atoms with E-state index in [1.54, 1.807) is 4.90 Å². The molecule has 4 rings (SSSR count). The lowest BCUT2D eigenvalue weighted by Gasteiger charge is -2.36. The maximum absolute atomic E-state index is 12.8. The van der Waals surface area contributed by atoms with Crippen LogP contribution >= 0.6 is 22.9 Å². The van der Waals surface area contributed by atoms with Gasteiger partial charge >= 0.3 is 0 Å². The van der Waals surface area contributed by atoms with Crippen LogP contribution in [0.2, 0.25) is 5.02 Å². The molecule has 1 aliphatic heterocycles. The molecule has 3 heterocycles. The lowest BCUT2D eigenvalue weighted by atomic mass is 10.2. The zero-order valence-corrected chi connectivity index (χ0v) is 15.8. The summed E-state index contributed by atoms with van der Waals surface area (Å²) < 4.78 is 1.50. The molecule has 1 amide bonds. The zero-order valence-electron chi connectivity index (χ0n) is 14.2. The SMILES string of the molecule is Cc1csc2ncc(C(=O)N3CCN(c4ccc(Cl)cc4)CC3)c(=O)n12. The van der Waals surface area contributed by atoms with Gasteiger partial charge in [-0.3, -0.25) is 14.0 Å². The maximum Gasteiger partial charge on any atom is 0.271 e. The number of rotatable bonds is 2. The molecule has 1 aromatic carbocycles. The van der Waals surface area contributed by atoms with Crippen molar-refractivity contribution in [3.8, 4) is 0 Å². The Morgan fingerprint density at radius 3 is 2.54 bits per heavy atom. The zero-order chi connectivity index (χ0) is 18.3. The number of aromatic nitrogens is 2. The Bertz CT molecular complexity index is 1020. The third-order valence-electron chi connectivity index (χ3n) is 4.61. The maximum atomic E-state index is 12.8. The predicted octanol–water partition coefficient (Wildman–Crippen LogP) is 2.68. The predicted molar refractivity (Wildman–Crippen MR) is 104 cm³/mol. The number of aryl methyl sites for hydroxylation is 1. The van der Waals surface area contributed by atoms with E-state index in [0.29, 0.717) is 36.2 Å². The molecule has 2 aromatic heterocycles. The van der Waals surface area contributed by atoms with Gasteiger partial charge in [-0.2, -0.15) is 0 Å². The first kappa shape index (κ1) is 17.1. The monoisotopic (exact) mass is 388 g/mol. The van der Waals surface area contributed by atoms with Crippen molar-refractivity contribution in [3.63, 3.8) is 0 Å². The number of halogens is 1. The summed E-state index contributed by atoms with van der Waals surface area (Å²) in [5, 5.41) is 2.57. The van der Waals surface area contributed by atoms with Gasteiger partial charge in [0.1, 0.15) is 5.56 Å². The van der Waals surface area contributed by atoms with E-state index in [4.69, 9.17) is 11.6 Å². The Morgan fingerprint density at radius 1 is 1.15 bits per heavy atom. The van der Waals surface area contributed by atoms with E-state index < -0.39 is 0 Å². The van der Waals surface area contributed by atoms with Crippen LogP contribution in [0.3, 0.4) is 0 Å². The number of carbonyl (C=O) groups excluding carboxylic acids is 1. The van der Waals surface area contributed by atoms with E-state index in [2.05, 4.69) is 9.88 Å². The van der Waals surface area contributed by atoms with Gasteiger partial charge in [0.05, 0.1) is 0 Å². The van der Waals surface area contributed by atoms with Gasteiger partial charge in [-0.15, -0.1) is 11.3 Å². The molecule has 6 nitrogen and oxygen atoms in total. The highest BCUT2D eigenvalue weighted by Crippen LogP contribution is 2.20. The molecule has 134 valence electrons. The van der Waals surface area contributed by atoms with Gasteiger partial charge in [-0.05, 0) is 31.2 Å². The largest absolute Gasteiger partial charge is 0.368 e. The second kappa shape index (κ2) is 6.74. The smallest absolute Gasteiger partial charge is 0.271 e. The lowest BCUT2D eigenvalue weighted by Crippen LogP contribution is -2.49. The van der Waals surface area contributed by atoms with Gasteiger partial charge in [0, 0.05) is 54.2 Å². The Balaban J connectivity index is 1.52. The summed E-state index contributed by atoms with van der Waals surface area (Å²) in [6, 6.07) is 7.67. The molecule has 0 bridgehead atoms. The molecule has 0 radical (unpaired) electrons. The number of nitrogens with zero attached hydrogens (tertiary/aromatic N) is 4. The van der Waals surface area contributed by atoms with Gasteiger partial charge in [0.15, 0.2) is 4.96 Å². The molecule has 1 fully saturated rings. The fourth-order valence-corrected chi connectivity index (χ4v) is 4.11. The molecule has 0 aliphatic carbocycles. The van der Waals surface area contributed by atoms with E-state index in [-0.39, 0.29) is 17.0 Å². The molecule has 1 aliphatic rings. The minimum Gasteiger partial charge on any atom is -0.368 e. The van der Waals surface area contributed by atoms with Crippen molar-refractivity contribution >= 4 is 39.5 Å². The van der Waals surface area contributed by atoms with Crippen molar-refractivity contribution in [3.05, 3.63) is 62.5 Å². The normalized spacial score (nSPS) is 14.8. The van der Waals surface area contributed by atoms with Crippen LogP contribution in [-0.2, 0) is 0 Å². The average molecular weight is 389 g/mol. The first-order valence-corrected chi connectivity index (χ1v) is 9.56. The van der Waals surface area contributed by atoms with Crippen molar-refractivity contribution in [1.82, 2.24) is 14.3 Å². The molecule has 0 unspecified atom stereocenters. The number of amides is 1. The number of fused-ring (bicyclic) bond motifs is 1. The highest BCUT2D eigenvalue weighted by molar-refractivity contribution is 7.15. The Kier molecular flexibility index (Phi) is 4.42. The van der Waals surface area contributed by atoms with Crippen LogP contribution in [0.4, 0.5) is 5.69 Å². The summed E-state index contributed by atoms with van der Waals surface area (Å²) in [7, 11) is 0. The van der Waals surface area contributed by atoms with E-state index >= 15 is 0 Å². The molecule has 3 aromatic rings. The summed E-state index contributed by atoms with van der Waals surface area (Å²) in [6.07, 6.45) is 1.40. The summed E-state index contributed by atoms with van der Waals surface area (Å²) >= 11 is 7.33. The number of hydrogen-bond acceptors (Lipinski definition) is 5. The number of thiazole rings is 1. The van der Waals surface area contributed by atoms with Crippen LogP contribution in [-0.4, -0.2) is 46.4 Å². The quantitative estimate of drug-likeness (QED) is 0.677. The van der Waals surface area contributed by atoms with Crippen LogP contribution in [0.5, 0.6) is 0 Å². The Hall–Kier alpha value is -2.38. The molecule has 0 atom stereocenters. The lowest BCUT2D eigenvalue weighted by molar-refractivity contribution is 0.0744. The fraction of sp³-hybridized carbons (Fsp3) is 0.278. The van der Waals surface area contributed by atoms with Crippen molar-refractivity contribution in [2.24, 2.45) is 0 Å². The van der Waals surface area contributed by atoms with Crippen molar-refractivity contribution in [1.29, 1.82) is 0 Å². The van der Waals surface area contributed by atoms with Crippen LogP contribution in [0, 0.1) is 6.92 Å². The second-order valence-electron chi connectivity index (χ2n) is 6.23. The highest BCUT2D eigenvalue weighted by atomic mass is 35.5. The minimum absolute atomic E-state index is 0.129. The number of hydrogen-bond donors (Lipinski definition) is 0. The first-order valence-electron chi connectivity index (χ1n) is 8.30. The van der Waals surface area contributed by atoms with Crippen LogP contribution in [0.25, 0.3) is 4.96 Å². The van der Waals surface area contributed by atoms with E-state index in [1.165, 1.54) is 21.9 Å². The fourth-order valence-electron chi connectivity index (χ4n) is 3.16. The average Bonchev–Trinajstić information content (AvgIpc) is 3.04. The Morgan fingerprint density at radius 2 is 1.85 bits per heavy atom. The summed E-state index contributed by atoms with van der Waals surface area (Å²) in [6.45, 7) is 4.38. The van der Waals surface area contributed by atoms with E-state index in [9.17, 15) is 9.59 Å². The van der Waals surface area contributed by atoms with Crippen molar-refractivity contribution < 1.29 is 4.79 Å². The minimum atomic E-state index is -0.293. The summed E-state index contributed by atoms with van der Waals surface area (Å²) in [5.74, 6) is -0.252. The summed E-state index contributed by atoms with van der Waals surface area (Å²) in [5.41, 5.74) is 1.71. The third kappa shape index (κ3) is 2.97. The van der Waals surface area contributed by atoms with Gasteiger partial charge in [-0.1, -0.05) is 11.6 Å². The summed E-state index contributed by atoms with van der Waals surface area (Å²) in [4.78, 5) is 34.3. The molecular weight excluding hydrogens is 372 g/mol. The standard InChI is InChI=1S/C18H17ClN4O2S/c1-12-11-26-18-20-10-15(17(25)23(12)18)16(24)22-8-6-21(7-9-22)14-4-2-13(19)3-5-14/h2-5,10-11H,6-9H2,1H3. The molecule has 1 saturated heterocycles. The molecule has 0 spiro atoms. The topological polar surface area (TPSA) is 57.9 Å². The molecule has 0 N–H and O–H groups in total. The van der Waals surface area contributed by atoms with Crippen LogP contribution in [0.15, 0.2) is 40.6 Å². The third-order valence-corrected chi connectivity index (χ3v) is 5.82. The van der Waals surface area contributed by atoms with Gasteiger partial charge in [-0.25, -0.2) is 4.98 Å². The number of benzene rings is 1. The second-order valence-corrected chi connectivity index (χ2v) is 7.50. The molecule has 0 saturated carbocycles. The van der Waals surface area contributed by atoms with E-state index in [1.807, 2.05) is 36.6 Å². The van der Waals surface area contributed by atoms with Crippen LogP contribution in [0.1, 0.15) is 16.1 Å². The molecule has 26 heavy (non-hydrogen) atoms. The number of anilines is 1. The first-order chi connectivity index (χ1) is 12.5. The van der Waals surface area contributed by atoms with Crippen LogP contribution < -0.4 is 10.5 Å². The van der Waals surface area contributed by atoms with Gasteiger partial charge in [0.2, 0.25) is 0 Å². The molecule has 8 heteroatoms. The van der Waals surface area contributed by atoms with Crippen molar-refractivity contribution in [2.75, 3.05) is 31.1 Å². The Labute approximate surface area is 159 Å².